The van der Waals surface area contributed by atoms with E-state index in [2.05, 4.69) is 154 Å². The molecule has 0 unspecified atom stereocenters. The second kappa shape index (κ2) is 10.1. The lowest BCUT2D eigenvalue weighted by molar-refractivity contribution is 0.669. The molecule has 0 saturated heterocycles. The van der Waals surface area contributed by atoms with Crippen LogP contribution in [0.4, 0.5) is 0 Å². The Bertz CT molecular complexity index is 2360. The molecule has 0 atom stereocenters. The first-order chi connectivity index (χ1) is 21.4. The van der Waals surface area contributed by atoms with Crippen molar-refractivity contribution in [3.63, 3.8) is 0 Å². The van der Waals surface area contributed by atoms with Crippen LogP contribution in [0.1, 0.15) is 0 Å². The molecule has 7 aromatic carbocycles. The molecule has 0 amide bonds. The average Bonchev–Trinajstić information content (AvgIpc) is 3.45. The van der Waals surface area contributed by atoms with Crippen LogP contribution < -0.4 is 27.3 Å². The zero-order valence-corrected chi connectivity index (χ0v) is 25.9. The van der Waals surface area contributed by atoms with Crippen molar-refractivity contribution in [3.05, 3.63) is 115 Å². The smallest absolute Gasteiger partial charge is 0.139 e. The Morgan fingerprint density at radius 2 is 0.909 bits per heavy atom. The molecule has 0 bridgehead atoms. The predicted octanol–water partition coefficient (Wildman–Crippen LogP) is 2.19. The molecule has 0 aliphatic heterocycles. The van der Waals surface area contributed by atoms with Crippen LogP contribution >= 0.6 is 0 Å². The highest BCUT2D eigenvalue weighted by atomic mass is 16.3. The fourth-order valence-corrected chi connectivity index (χ4v) is 7.41. The Labute approximate surface area is 262 Å². The van der Waals surface area contributed by atoms with Gasteiger partial charge in [-0.15, -0.1) is 16.4 Å². The van der Waals surface area contributed by atoms with Crippen LogP contribution in [0.2, 0.25) is 0 Å². The Balaban J connectivity index is 1.49. The summed E-state index contributed by atoms with van der Waals surface area (Å²) in [6.07, 6.45) is 0. The SMILES string of the molecule is Bc1c(B)c(B)c(-c2c3ccccc3c(-c3cccc4oc5cc(-c6ccccc6)ccc5c34)c3ccccc23)c(B)c1B. The zero-order chi connectivity index (χ0) is 30.1. The fourth-order valence-electron chi connectivity index (χ4n) is 7.41. The van der Waals surface area contributed by atoms with Crippen molar-refractivity contribution in [2.45, 2.75) is 0 Å². The molecule has 44 heavy (non-hydrogen) atoms. The number of hydrogen-bond donors (Lipinski definition) is 0. The first-order valence-electron chi connectivity index (χ1n) is 15.5. The van der Waals surface area contributed by atoms with Gasteiger partial charge < -0.3 is 4.42 Å². The molecular weight excluding hydrogens is 526 g/mol. The van der Waals surface area contributed by atoms with E-state index in [0.717, 1.165) is 22.1 Å². The van der Waals surface area contributed by atoms with Crippen molar-refractivity contribution in [1.29, 1.82) is 0 Å². The van der Waals surface area contributed by atoms with Gasteiger partial charge in [0.2, 0.25) is 0 Å². The molecule has 202 valence electrons. The van der Waals surface area contributed by atoms with E-state index in [9.17, 15) is 0 Å². The van der Waals surface area contributed by atoms with E-state index in [1.54, 1.807) is 0 Å². The minimum absolute atomic E-state index is 0.913. The summed E-state index contributed by atoms with van der Waals surface area (Å²) in [4.78, 5) is 0. The highest BCUT2D eigenvalue weighted by Gasteiger charge is 2.22. The number of fused-ring (bicyclic) bond motifs is 5. The van der Waals surface area contributed by atoms with Crippen LogP contribution in [0.3, 0.4) is 0 Å². The van der Waals surface area contributed by atoms with E-state index >= 15 is 0 Å². The molecule has 0 saturated carbocycles. The van der Waals surface area contributed by atoms with Gasteiger partial charge in [0, 0.05) is 10.8 Å². The largest absolute Gasteiger partial charge is 0.456 e. The van der Waals surface area contributed by atoms with E-state index in [0.29, 0.717) is 0 Å². The molecule has 0 spiro atoms. The van der Waals surface area contributed by atoms with E-state index in [1.165, 1.54) is 82.1 Å². The van der Waals surface area contributed by atoms with Crippen LogP contribution in [-0.2, 0) is 0 Å². The Morgan fingerprint density at radius 3 is 1.52 bits per heavy atom. The predicted molar refractivity (Wildman–Crippen MR) is 206 cm³/mol. The van der Waals surface area contributed by atoms with Crippen molar-refractivity contribution < 1.29 is 4.42 Å². The quantitative estimate of drug-likeness (QED) is 0.241. The summed E-state index contributed by atoms with van der Waals surface area (Å²) in [5, 5.41) is 7.40. The van der Waals surface area contributed by atoms with Crippen molar-refractivity contribution in [2.24, 2.45) is 0 Å². The topological polar surface area (TPSA) is 13.1 Å². The van der Waals surface area contributed by atoms with E-state index in [-0.39, 0.29) is 0 Å². The van der Waals surface area contributed by atoms with Crippen molar-refractivity contribution in [1.82, 2.24) is 0 Å². The van der Waals surface area contributed by atoms with Crippen LogP contribution in [0.25, 0.3) is 76.9 Å². The summed E-state index contributed by atoms with van der Waals surface area (Å²) in [6, 6.07) is 41.6. The maximum absolute atomic E-state index is 6.56. The fraction of sp³-hybridized carbons (Fsp3) is 0. The van der Waals surface area contributed by atoms with Gasteiger partial charge in [0.05, 0.1) is 0 Å². The third kappa shape index (κ3) is 3.87. The number of benzene rings is 7. The molecular formula is C38H29B5O. The monoisotopic (exact) mass is 556 g/mol. The Kier molecular flexibility index (Phi) is 6.17. The molecule has 1 heterocycles. The lowest BCUT2D eigenvalue weighted by atomic mass is 9.59. The normalized spacial score (nSPS) is 11.6. The van der Waals surface area contributed by atoms with Gasteiger partial charge in [-0.25, -0.2) is 0 Å². The van der Waals surface area contributed by atoms with Crippen molar-refractivity contribution >= 4 is 110 Å². The highest BCUT2D eigenvalue weighted by Crippen LogP contribution is 2.46. The van der Waals surface area contributed by atoms with Gasteiger partial charge in [-0.1, -0.05) is 108 Å². The van der Waals surface area contributed by atoms with Crippen LogP contribution in [0, 0.1) is 0 Å². The van der Waals surface area contributed by atoms with Gasteiger partial charge in [-0.3, -0.25) is 0 Å². The summed E-state index contributed by atoms with van der Waals surface area (Å²) in [5.41, 5.74) is 16.2. The van der Waals surface area contributed by atoms with Crippen molar-refractivity contribution in [3.8, 4) is 33.4 Å². The average molecular weight is 556 g/mol. The first-order valence-corrected chi connectivity index (χ1v) is 15.5. The maximum Gasteiger partial charge on any atom is 0.139 e. The van der Waals surface area contributed by atoms with Gasteiger partial charge in [-0.05, 0) is 73.1 Å². The van der Waals surface area contributed by atoms with Gasteiger partial charge in [0.15, 0.2) is 0 Å². The third-order valence-electron chi connectivity index (χ3n) is 10.1. The summed E-state index contributed by atoms with van der Waals surface area (Å²) in [7, 11) is 11.4. The van der Waals surface area contributed by atoms with Gasteiger partial charge in [0.25, 0.3) is 0 Å². The minimum atomic E-state index is 0.913. The summed E-state index contributed by atoms with van der Waals surface area (Å²) < 4.78 is 6.56. The maximum atomic E-state index is 6.56. The Hall–Kier alpha value is -4.82. The number of furan rings is 1. The van der Waals surface area contributed by atoms with Gasteiger partial charge in [-0.2, -0.15) is 0 Å². The second-order valence-electron chi connectivity index (χ2n) is 12.2. The lowest BCUT2D eigenvalue weighted by Crippen LogP contribution is -2.55. The standard InChI is InChI=1S/C38H29B5O/c39-34-33(35(40)37(42)38(43)36(34)41)32-24-13-6-4-11-22(24)30(23-12-5-7-14-25(23)32)27-15-8-16-28-31(27)26-18-17-21(19-29(26)44-28)20-9-2-1-3-10-20/h1-19H,39-43H2. The molecule has 1 nitrogen and oxygen atoms in total. The molecule has 6 heteroatoms. The van der Waals surface area contributed by atoms with E-state index in [4.69, 9.17) is 4.42 Å². The number of rotatable bonds is 3. The lowest BCUT2D eigenvalue weighted by Gasteiger charge is -2.24. The van der Waals surface area contributed by atoms with Crippen LogP contribution in [0.15, 0.2) is 120 Å². The summed E-state index contributed by atoms with van der Waals surface area (Å²) in [6.45, 7) is 0. The minimum Gasteiger partial charge on any atom is -0.456 e. The van der Waals surface area contributed by atoms with Gasteiger partial charge >= 0.3 is 0 Å². The second-order valence-corrected chi connectivity index (χ2v) is 12.2. The Morgan fingerprint density at radius 1 is 0.364 bits per heavy atom. The molecule has 1 aromatic heterocycles. The number of hydrogen-bond acceptors (Lipinski definition) is 1. The van der Waals surface area contributed by atoms with E-state index in [1.807, 2.05) is 0 Å². The van der Waals surface area contributed by atoms with Crippen molar-refractivity contribution in [2.75, 3.05) is 0 Å². The summed E-state index contributed by atoms with van der Waals surface area (Å²) >= 11 is 0. The van der Waals surface area contributed by atoms with Crippen LogP contribution in [0.5, 0.6) is 0 Å². The summed E-state index contributed by atoms with van der Waals surface area (Å²) in [5.74, 6) is 0. The molecule has 0 N–H and O–H groups in total. The van der Waals surface area contributed by atoms with Crippen LogP contribution in [-0.4, -0.2) is 39.2 Å². The molecule has 0 aliphatic carbocycles. The highest BCUT2D eigenvalue weighted by molar-refractivity contribution is 6.69. The van der Waals surface area contributed by atoms with Gasteiger partial charge in [0.1, 0.15) is 50.4 Å². The third-order valence-corrected chi connectivity index (χ3v) is 10.1. The molecule has 8 aromatic rings. The zero-order valence-electron chi connectivity index (χ0n) is 25.9. The molecule has 8 rings (SSSR count). The molecule has 0 fully saturated rings. The molecule has 0 aliphatic rings. The molecule has 0 radical (unpaired) electrons. The van der Waals surface area contributed by atoms with E-state index < -0.39 is 0 Å². The first kappa shape index (κ1) is 26.8.